The lowest BCUT2D eigenvalue weighted by Crippen LogP contribution is -2.33. The molecule has 0 heterocycles. The van der Waals surface area contributed by atoms with E-state index in [1.54, 1.807) is 6.92 Å². The smallest absolute Gasteiger partial charge is 0.408 e. The van der Waals surface area contributed by atoms with Crippen LogP contribution in [0.4, 0.5) is 4.79 Å². The zero-order valence-corrected chi connectivity index (χ0v) is 9.47. The summed E-state index contributed by atoms with van der Waals surface area (Å²) in [5, 5.41) is 10.9. The number of aliphatic carboxylic acids is 1. The second kappa shape index (κ2) is 6.52. The number of ether oxygens (including phenoxy) is 1. The van der Waals surface area contributed by atoms with Gasteiger partial charge in [-0.05, 0) is 12.0 Å². The molecule has 0 saturated heterocycles. The molecule has 0 bridgehead atoms. The minimum Gasteiger partial charge on any atom is -0.479 e. The van der Waals surface area contributed by atoms with Crippen LogP contribution in [-0.4, -0.2) is 17.2 Å². The molecule has 0 fully saturated rings. The lowest BCUT2D eigenvalue weighted by molar-refractivity contribution is -0.135. The molecule has 0 aromatic heterocycles. The molecule has 1 amide bonds. The molecule has 0 aliphatic rings. The summed E-state index contributed by atoms with van der Waals surface area (Å²) >= 11 is 0. The third-order valence-corrected chi connectivity index (χ3v) is 2.08. The molecule has 0 unspecified atom stereocenters. The van der Waals surface area contributed by atoms with E-state index in [1.165, 1.54) is 0 Å². The van der Waals surface area contributed by atoms with Crippen LogP contribution in [0.5, 0.6) is 0 Å². The van der Waals surface area contributed by atoms with Gasteiger partial charge in [-0.2, -0.15) is 0 Å². The van der Waals surface area contributed by atoms with E-state index in [0.29, 0.717) is 0 Å². The fourth-order valence-corrected chi connectivity index (χ4v) is 1.18. The van der Waals surface area contributed by atoms with Crippen LogP contribution in [0.1, 0.15) is 18.9 Å². The largest absolute Gasteiger partial charge is 0.479 e. The molecular formula is C12H14NO4. The molecule has 0 spiro atoms. The van der Waals surface area contributed by atoms with Crippen molar-refractivity contribution in [2.75, 3.05) is 0 Å². The normalized spacial score (nSPS) is 10.0. The third-order valence-electron chi connectivity index (χ3n) is 2.08. The van der Waals surface area contributed by atoms with E-state index in [9.17, 15) is 9.59 Å². The van der Waals surface area contributed by atoms with Crippen LogP contribution in [-0.2, 0) is 16.1 Å². The van der Waals surface area contributed by atoms with Gasteiger partial charge in [-0.25, -0.2) is 9.59 Å². The Morgan fingerprint density at radius 1 is 1.29 bits per heavy atom. The van der Waals surface area contributed by atoms with Crippen molar-refractivity contribution in [3.63, 3.8) is 0 Å². The van der Waals surface area contributed by atoms with Gasteiger partial charge in [0, 0.05) is 0 Å². The van der Waals surface area contributed by atoms with Crippen LogP contribution in [0, 0.1) is 6.04 Å². The minimum absolute atomic E-state index is 0.0805. The van der Waals surface area contributed by atoms with Crippen LogP contribution >= 0.6 is 0 Å². The summed E-state index contributed by atoms with van der Waals surface area (Å²) in [6.07, 6.45) is -0.524. The topological polar surface area (TPSA) is 75.6 Å². The van der Waals surface area contributed by atoms with Gasteiger partial charge in [0.25, 0.3) is 0 Å². The zero-order valence-electron chi connectivity index (χ0n) is 9.47. The Bertz CT molecular complexity index is 377. The van der Waals surface area contributed by atoms with E-state index >= 15 is 0 Å². The average molecular weight is 236 g/mol. The highest BCUT2D eigenvalue weighted by Crippen LogP contribution is 2.04. The lowest BCUT2D eigenvalue weighted by Gasteiger charge is -2.11. The van der Waals surface area contributed by atoms with Crippen LogP contribution in [0.25, 0.3) is 0 Å². The summed E-state index contributed by atoms with van der Waals surface area (Å²) in [7, 11) is 0. The predicted molar refractivity (Wildman–Crippen MR) is 60.9 cm³/mol. The second-order valence-corrected chi connectivity index (χ2v) is 3.32. The zero-order chi connectivity index (χ0) is 12.7. The van der Waals surface area contributed by atoms with Crippen molar-refractivity contribution < 1.29 is 19.4 Å². The molecule has 0 aliphatic heterocycles. The molecule has 1 aromatic carbocycles. The maximum atomic E-state index is 11.3. The van der Waals surface area contributed by atoms with Crippen molar-refractivity contribution in [1.82, 2.24) is 5.32 Å². The molecule has 1 rings (SSSR count). The van der Waals surface area contributed by atoms with Crippen LogP contribution in [0.3, 0.4) is 0 Å². The molecule has 0 atom stereocenters. The number of carboxylic acid groups (broad SMARTS) is 1. The highest BCUT2D eigenvalue weighted by atomic mass is 16.5. The Balaban J connectivity index is 2.37. The summed E-state index contributed by atoms with van der Waals surface area (Å²) in [5.74, 6) is -1.15. The fourth-order valence-electron chi connectivity index (χ4n) is 1.18. The van der Waals surface area contributed by atoms with Gasteiger partial charge in [0.2, 0.25) is 0 Å². The van der Waals surface area contributed by atoms with Gasteiger partial charge in [0.15, 0.2) is 6.04 Å². The monoisotopic (exact) mass is 236 g/mol. The van der Waals surface area contributed by atoms with Crippen molar-refractivity contribution in [3.8, 4) is 0 Å². The minimum atomic E-state index is -1.15. The number of benzene rings is 1. The highest BCUT2D eigenvalue weighted by molar-refractivity contribution is 5.87. The highest BCUT2D eigenvalue weighted by Gasteiger charge is 2.19. The van der Waals surface area contributed by atoms with Crippen LogP contribution in [0.2, 0.25) is 0 Å². The first-order valence-electron chi connectivity index (χ1n) is 5.20. The maximum absolute atomic E-state index is 11.3. The maximum Gasteiger partial charge on any atom is 0.408 e. The Labute approximate surface area is 99.4 Å². The summed E-state index contributed by atoms with van der Waals surface area (Å²) in [5.41, 5.74) is 0.844. The van der Waals surface area contributed by atoms with Crippen molar-refractivity contribution in [1.29, 1.82) is 0 Å². The molecular weight excluding hydrogens is 222 g/mol. The first-order valence-corrected chi connectivity index (χ1v) is 5.20. The van der Waals surface area contributed by atoms with Gasteiger partial charge < -0.3 is 15.2 Å². The summed E-state index contributed by atoms with van der Waals surface area (Å²) < 4.78 is 4.88. The number of carboxylic acids is 1. The van der Waals surface area contributed by atoms with E-state index in [-0.39, 0.29) is 19.1 Å². The van der Waals surface area contributed by atoms with Crippen LogP contribution < -0.4 is 5.32 Å². The molecule has 5 heteroatoms. The van der Waals surface area contributed by atoms with Gasteiger partial charge in [-0.3, -0.25) is 0 Å². The quantitative estimate of drug-likeness (QED) is 0.819. The van der Waals surface area contributed by atoms with Crippen molar-refractivity contribution in [2.45, 2.75) is 20.0 Å². The third kappa shape index (κ3) is 4.55. The standard InChI is InChI=1S/C12H14NO4/c1-2-10(11(14)15)13-12(16)17-8-9-6-4-3-5-7-9/h3-7H,2,8H2,1H3,(H,13,16)(H,14,15). The fraction of sp³-hybridized carbons (Fsp3) is 0.250. The molecule has 1 radical (unpaired) electrons. The molecule has 91 valence electrons. The van der Waals surface area contributed by atoms with Gasteiger partial charge >= 0.3 is 12.1 Å². The molecule has 0 saturated carbocycles. The number of alkyl carbamates (subject to hydrolysis) is 1. The number of hydrogen-bond donors (Lipinski definition) is 2. The summed E-state index contributed by atoms with van der Waals surface area (Å²) in [4.78, 5) is 21.9. The van der Waals surface area contributed by atoms with Gasteiger partial charge in [0.1, 0.15) is 6.61 Å². The van der Waals surface area contributed by atoms with E-state index in [4.69, 9.17) is 9.84 Å². The number of carbonyl (C=O) groups is 2. The molecule has 5 nitrogen and oxygen atoms in total. The number of nitrogens with one attached hydrogen (secondary N) is 1. The van der Waals surface area contributed by atoms with Crippen molar-refractivity contribution in [2.24, 2.45) is 0 Å². The van der Waals surface area contributed by atoms with E-state index in [0.717, 1.165) is 5.56 Å². The first kappa shape index (κ1) is 13.0. The predicted octanol–water partition coefficient (Wildman–Crippen LogP) is 1.94. The van der Waals surface area contributed by atoms with Crippen molar-refractivity contribution >= 4 is 12.1 Å². The number of amides is 1. The molecule has 0 aliphatic carbocycles. The van der Waals surface area contributed by atoms with Crippen molar-refractivity contribution in [3.05, 3.63) is 41.9 Å². The Morgan fingerprint density at radius 3 is 2.47 bits per heavy atom. The Morgan fingerprint density at radius 2 is 1.94 bits per heavy atom. The first-order chi connectivity index (χ1) is 8.13. The molecule has 2 N–H and O–H groups in total. The molecule has 1 aromatic rings. The SMILES string of the molecule is CC[C](NC(=O)OCc1ccccc1)C(=O)O. The van der Waals surface area contributed by atoms with E-state index < -0.39 is 12.1 Å². The second-order valence-electron chi connectivity index (χ2n) is 3.32. The number of carbonyl (C=O) groups excluding carboxylic acids is 1. The Hall–Kier alpha value is -2.04. The summed E-state index contributed by atoms with van der Waals surface area (Å²) in [6, 6.07) is 9.07. The van der Waals surface area contributed by atoms with Gasteiger partial charge in [-0.1, -0.05) is 37.3 Å². The van der Waals surface area contributed by atoms with E-state index in [2.05, 4.69) is 5.32 Å². The van der Waals surface area contributed by atoms with Crippen LogP contribution in [0.15, 0.2) is 30.3 Å². The van der Waals surface area contributed by atoms with E-state index in [1.807, 2.05) is 30.3 Å². The number of hydrogen-bond acceptors (Lipinski definition) is 3. The summed E-state index contributed by atoms with van der Waals surface area (Å²) in [6.45, 7) is 1.75. The molecule has 17 heavy (non-hydrogen) atoms. The Kier molecular flexibility index (Phi) is 5.00. The van der Waals surface area contributed by atoms with Gasteiger partial charge in [0.05, 0.1) is 0 Å². The lowest BCUT2D eigenvalue weighted by atomic mass is 10.2. The average Bonchev–Trinajstić information content (AvgIpc) is 2.34. The number of rotatable bonds is 5. The van der Waals surface area contributed by atoms with Gasteiger partial charge in [-0.15, -0.1) is 0 Å².